The lowest BCUT2D eigenvalue weighted by molar-refractivity contribution is -0.132. The Morgan fingerprint density at radius 3 is 2.38 bits per heavy atom. The number of hydrogen-bond acceptors (Lipinski definition) is 2. The first kappa shape index (κ1) is 13.0. The Hall–Kier alpha value is -1.06. The maximum atomic E-state index is 11.7. The molecule has 92 valence electrons. The summed E-state index contributed by atoms with van der Waals surface area (Å²) in [4.78, 5) is 24.9. The second-order valence-corrected chi connectivity index (χ2v) is 4.64. The van der Waals surface area contributed by atoms with Crippen molar-refractivity contribution in [2.45, 2.75) is 39.5 Å². The lowest BCUT2D eigenvalue weighted by atomic mass is 10.1. The molecule has 4 heteroatoms. The molecule has 1 rings (SSSR count). The summed E-state index contributed by atoms with van der Waals surface area (Å²) in [6.45, 7) is 5.93. The molecule has 1 aliphatic rings. The highest BCUT2D eigenvalue weighted by atomic mass is 16.2. The lowest BCUT2D eigenvalue weighted by Crippen LogP contribution is -2.38. The summed E-state index contributed by atoms with van der Waals surface area (Å²) in [6.07, 6.45) is 3.89. The molecule has 0 aromatic rings. The first-order valence-electron chi connectivity index (χ1n) is 6.16. The predicted molar refractivity (Wildman–Crippen MR) is 62.9 cm³/mol. The summed E-state index contributed by atoms with van der Waals surface area (Å²) in [5, 5.41) is 2.77. The molecule has 16 heavy (non-hydrogen) atoms. The number of carbonyl (C=O) groups is 2. The minimum Gasteiger partial charge on any atom is -0.355 e. The van der Waals surface area contributed by atoms with Crippen molar-refractivity contribution < 1.29 is 9.59 Å². The maximum absolute atomic E-state index is 11.7. The van der Waals surface area contributed by atoms with E-state index in [-0.39, 0.29) is 17.7 Å². The van der Waals surface area contributed by atoms with E-state index in [4.69, 9.17) is 0 Å². The van der Waals surface area contributed by atoms with E-state index < -0.39 is 0 Å². The van der Waals surface area contributed by atoms with Crippen molar-refractivity contribution in [3.8, 4) is 0 Å². The van der Waals surface area contributed by atoms with Gasteiger partial charge in [0.2, 0.25) is 11.8 Å². The number of nitrogens with zero attached hydrogens (tertiary/aromatic N) is 1. The first-order valence-corrected chi connectivity index (χ1v) is 6.16. The molecular formula is C12H22N2O2. The summed E-state index contributed by atoms with van der Waals surface area (Å²) in [5.74, 6) is 0.181. The number of hydrogen-bond donors (Lipinski definition) is 1. The summed E-state index contributed by atoms with van der Waals surface area (Å²) in [5.41, 5.74) is 0. The van der Waals surface area contributed by atoms with Crippen molar-refractivity contribution in [1.29, 1.82) is 0 Å². The Kier molecular flexibility index (Phi) is 5.29. The van der Waals surface area contributed by atoms with Crippen LogP contribution in [0, 0.1) is 5.92 Å². The number of piperidine rings is 1. The molecule has 0 radical (unpaired) electrons. The van der Waals surface area contributed by atoms with Crippen molar-refractivity contribution in [2.24, 2.45) is 5.92 Å². The minimum absolute atomic E-state index is 0.00918. The summed E-state index contributed by atoms with van der Waals surface area (Å²) < 4.78 is 0. The highest BCUT2D eigenvalue weighted by molar-refractivity contribution is 5.80. The van der Waals surface area contributed by atoms with Crippen LogP contribution in [0.15, 0.2) is 0 Å². The monoisotopic (exact) mass is 226 g/mol. The van der Waals surface area contributed by atoms with Gasteiger partial charge in [0.25, 0.3) is 0 Å². The third kappa shape index (κ3) is 4.21. The van der Waals surface area contributed by atoms with Crippen molar-refractivity contribution in [3.05, 3.63) is 0 Å². The van der Waals surface area contributed by atoms with Crippen LogP contribution in [-0.4, -0.2) is 36.3 Å². The predicted octanol–water partition coefficient (Wildman–Crippen LogP) is 1.16. The maximum Gasteiger partial charge on any atom is 0.224 e. The zero-order valence-corrected chi connectivity index (χ0v) is 10.3. The number of nitrogens with one attached hydrogen (secondary N) is 1. The molecule has 0 aromatic carbocycles. The van der Waals surface area contributed by atoms with Crippen LogP contribution >= 0.6 is 0 Å². The van der Waals surface area contributed by atoms with Crippen LogP contribution in [0.1, 0.15) is 39.5 Å². The van der Waals surface area contributed by atoms with Crippen LogP contribution in [0.3, 0.4) is 0 Å². The molecular weight excluding hydrogens is 204 g/mol. The van der Waals surface area contributed by atoms with Crippen LogP contribution in [0.2, 0.25) is 0 Å². The SMILES string of the molecule is CC(C)C(=O)NCCC(=O)N1CCCCC1. The normalized spacial score (nSPS) is 16.3. The second kappa shape index (κ2) is 6.51. The van der Waals surface area contributed by atoms with Crippen LogP contribution in [0.25, 0.3) is 0 Å². The van der Waals surface area contributed by atoms with Gasteiger partial charge in [-0.25, -0.2) is 0 Å². The van der Waals surface area contributed by atoms with E-state index in [9.17, 15) is 9.59 Å². The molecule has 4 nitrogen and oxygen atoms in total. The van der Waals surface area contributed by atoms with Gasteiger partial charge in [0.15, 0.2) is 0 Å². The highest BCUT2D eigenvalue weighted by Gasteiger charge is 2.16. The van der Waals surface area contributed by atoms with E-state index in [0.717, 1.165) is 25.9 Å². The summed E-state index contributed by atoms with van der Waals surface area (Å²) >= 11 is 0. The Bertz CT molecular complexity index is 245. The van der Waals surface area contributed by atoms with Crippen molar-refractivity contribution in [1.82, 2.24) is 10.2 Å². The summed E-state index contributed by atoms with van der Waals surface area (Å²) in [6, 6.07) is 0. The molecule has 1 fully saturated rings. The van der Waals surface area contributed by atoms with Crippen LogP contribution in [-0.2, 0) is 9.59 Å². The molecule has 0 aliphatic carbocycles. The van der Waals surface area contributed by atoms with Gasteiger partial charge in [0.05, 0.1) is 0 Å². The molecule has 0 saturated carbocycles. The topological polar surface area (TPSA) is 49.4 Å². The molecule has 1 saturated heterocycles. The van der Waals surface area contributed by atoms with Crippen molar-refractivity contribution in [2.75, 3.05) is 19.6 Å². The van der Waals surface area contributed by atoms with E-state index in [1.165, 1.54) is 6.42 Å². The first-order chi connectivity index (χ1) is 7.61. The molecule has 0 unspecified atom stereocenters. The second-order valence-electron chi connectivity index (χ2n) is 4.64. The van der Waals surface area contributed by atoms with E-state index in [2.05, 4.69) is 5.32 Å². The van der Waals surface area contributed by atoms with Gasteiger partial charge in [0, 0.05) is 32.0 Å². The lowest BCUT2D eigenvalue weighted by Gasteiger charge is -2.26. The average Bonchev–Trinajstić information content (AvgIpc) is 2.29. The van der Waals surface area contributed by atoms with Gasteiger partial charge < -0.3 is 10.2 Å². The van der Waals surface area contributed by atoms with E-state index in [1.807, 2.05) is 18.7 Å². The Balaban J connectivity index is 2.17. The van der Waals surface area contributed by atoms with Gasteiger partial charge in [-0.15, -0.1) is 0 Å². The zero-order chi connectivity index (χ0) is 12.0. The molecule has 0 aromatic heterocycles. The van der Waals surface area contributed by atoms with E-state index in [0.29, 0.717) is 13.0 Å². The molecule has 0 spiro atoms. The van der Waals surface area contributed by atoms with E-state index >= 15 is 0 Å². The smallest absolute Gasteiger partial charge is 0.224 e. The highest BCUT2D eigenvalue weighted by Crippen LogP contribution is 2.09. The molecule has 1 heterocycles. The number of rotatable bonds is 4. The van der Waals surface area contributed by atoms with E-state index in [1.54, 1.807) is 0 Å². The van der Waals surface area contributed by atoms with Gasteiger partial charge in [-0.1, -0.05) is 13.8 Å². The van der Waals surface area contributed by atoms with Gasteiger partial charge in [-0.3, -0.25) is 9.59 Å². The average molecular weight is 226 g/mol. The Labute approximate surface area is 97.4 Å². The standard InChI is InChI=1S/C12H22N2O2/c1-10(2)12(16)13-7-6-11(15)14-8-4-3-5-9-14/h10H,3-9H2,1-2H3,(H,13,16). The third-order valence-corrected chi connectivity index (χ3v) is 2.87. The van der Waals surface area contributed by atoms with Gasteiger partial charge in [-0.2, -0.15) is 0 Å². The number of likely N-dealkylation sites (tertiary alicyclic amines) is 1. The largest absolute Gasteiger partial charge is 0.355 e. The third-order valence-electron chi connectivity index (χ3n) is 2.87. The molecule has 1 N–H and O–H groups in total. The fourth-order valence-electron chi connectivity index (χ4n) is 1.80. The minimum atomic E-state index is -0.00918. The van der Waals surface area contributed by atoms with Crippen molar-refractivity contribution >= 4 is 11.8 Å². The molecule has 0 bridgehead atoms. The van der Waals surface area contributed by atoms with Gasteiger partial charge in [-0.05, 0) is 19.3 Å². The van der Waals surface area contributed by atoms with Crippen molar-refractivity contribution in [3.63, 3.8) is 0 Å². The van der Waals surface area contributed by atoms with Crippen LogP contribution < -0.4 is 5.32 Å². The number of carbonyl (C=O) groups excluding carboxylic acids is 2. The van der Waals surface area contributed by atoms with Gasteiger partial charge in [0.1, 0.15) is 0 Å². The fraction of sp³-hybridized carbons (Fsp3) is 0.833. The quantitative estimate of drug-likeness (QED) is 0.782. The Morgan fingerprint density at radius 1 is 1.19 bits per heavy atom. The fourth-order valence-corrected chi connectivity index (χ4v) is 1.80. The zero-order valence-electron chi connectivity index (χ0n) is 10.3. The summed E-state index contributed by atoms with van der Waals surface area (Å²) in [7, 11) is 0. The van der Waals surface area contributed by atoms with Crippen LogP contribution in [0.4, 0.5) is 0 Å². The molecule has 2 amide bonds. The number of amides is 2. The Morgan fingerprint density at radius 2 is 1.81 bits per heavy atom. The molecule has 1 aliphatic heterocycles. The van der Waals surface area contributed by atoms with Gasteiger partial charge >= 0.3 is 0 Å². The van der Waals surface area contributed by atoms with Crippen LogP contribution in [0.5, 0.6) is 0 Å². The molecule has 0 atom stereocenters.